The van der Waals surface area contributed by atoms with Gasteiger partial charge in [0.2, 0.25) is 0 Å². The number of carbonyl (C=O) groups is 2. The van der Waals surface area contributed by atoms with E-state index in [2.05, 4.69) is 37.8 Å². The van der Waals surface area contributed by atoms with E-state index in [1.54, 1.807) is 4.90 Å². The highest BCUT2D eigenvalue weighted by molar-refractivity contribution is 6.06. The average molecular weight is 434 g/mol. The van der Waals surface area contributed by atoms with Crippen LogP contribution in [0.3, 0.4) is 0 Å². The molecule has 2 aliphatic heterocycles. The SMILES string of the molecule is C=CCOC(=O)N1C[C@@H]2CC(c3ccc(CC)cc3)=CN2C(=O)c2cc(OC)c(O)cc21. The van der Waals surface area contributed by atoms with Gasteiger partial charge in [0.05, 0.1) is 30.9 Å². The molecule has 2 aliphatic rings. The van der Waals surface area contributed by atoms with Crippen LogP contribution in [-0.4, -0.2) is 48.3 Å². The van der Waals surface area contributed by atoms with Crippen LogP contribution < -0.4 is 9.64 Å². The summed E-state index contributed by atoms with van der Waals surface area (Å²) in [6.45, 7) is 5.96. The van der Waals surface area contributed by atoms with Crippen LogP contribution in [0.5, 0.6) is 11.5 Å². The first-order valence-electron chi connectivity index (χ1n) is 10.6. The van der Waals surface area contributed by atoms with E-state index in [-0.39, 0.29) is 42.2 Å². The van der Waals surface area contributed by atoms with Crippen LogP contribution in [0, 0.1) is 0 Å². The molecule has 2 aromatic rings. The number of benzene rings is 2. The van der Waals surface area contributed by atoms with Crippen molar-refractivity contribution in [3.05, 3.63) is 71.9 Å². The second-order valence-corrected chi connectivity index (χ2v) is 7.79. The Morgan fingerprint density at radius 3 is 2.69 bits per heavy atom. The maximum absolute atomic E-state index is 13.5. The number of aryl methyl sites for hydroxylation is 1. The molecule has 7 heteroatoms. The molecule has 1 atom stereocenters. The fourth-order valence-electron chi connectivity index (χ4n) is 4.15. The highest BCUT2D eigenvalue weighted by Gasteiger charge is 2.39. The summed E-state index contributed by atoms with van der Waals surface area (Å²) in [6.07, 6.45) is 4.29. The number of hydrogen-bond donors (Lipinski definition) is 1. The van der Waals surface area contributed by atoms with Crippen molar-refractivity contribution in [1.29, 1.82) is 0 Å². The molecule has 0 radical (unpaired) electrons. The van der Waals surface area contributed by atoms with Crippen LogP contribution in [-0.2, 0) is 11.2 Å². The molecule has 0 saturated heterocycles. The van der Waals surface area contributed by atoms with E-state index in [1.807, 2.05) is 6.20 Å². The molecule has 2 amide bonds. The summed E-state index contributed by atoms with van der Waals surface area (Å²) >= 11 is 0. The maximum atomic E-state index is 13.5. The molecule has 0 saturated carbocycles. The van der Waals surface area contributed by atoms with E-state index in [9.17, 15) is 14.7 Å². The van der Waals surface area contributed by atoms with Gasteiger partial charge in [0.1, 0.15) is 6.61 Å². The van der Waals surface area contributed by atoms with Gasteiger partial charge in [-0.3, -0.25) is 9.69 Å². The number of methoxy groups -OCH3 is 1. The first-order valence-corrected chi connectivity index (χ1v) is 10.6. The fraction of sp³-hybridized carbons (Fsp3) is 0.280. The number of ether oxygens (including phenoxy) is 2. The minimum absolute atomic E-state index is 0.0441. The fourth-order valence-corrected chi connectivity index (χ4v) is 4.15. The Morgan fingerprint density at radius 2 is 2.03 bits per heavy atom. The number of rotatable bonds is 5. The molecular formula is C25H26N2O5. The summed E-state index contributed by atoms with van der Waals surface area (Å²) in [7, 11) is 1.41. The van der Waals surface area contributed by atoms with Gasteiger partial charge in [-0.05, 0) is 35.6 Å². The maximum Gasteiger partial charge on any atom is 0.414 e. The average Bonchev–Trinajstić information content (AvgIpc) is 3.20. The quantitative estimate of drug-likeness (QED) is 0.708. The molecular weight excluding hydrogens is 408 g/mol. The van der Waals surface area contributed by atoms with Crippen molar-refractivity contribution in [2.75, 3.05) is 25.2 Å². The Morgan fingerprint density at radius 1 is 1.28 bits per heavy atom. The van der Waals surface area contributed by atoms with Crippen LogP contribution in [0.15, 0.2) is 55.3 Å². The predicted molar refractivity (Wildman–Crippen MR) is 122 cm³/mol. The van der Waals surface area contributed by atoms with Crippen molar-refractivity contribution in [3.63, 3.8) is 0 Å². The summed E-state index contributed by atoms with van der Waals surface area (Å²) in [5.74, 6) is -0.258. The number of phenolic OH excluding ortho intramolecular Hbond substituents is 1. The van der Waals surface area contributed by atoms with Crippen LogP contribution >= 0.6 is 0 Å². The number of carbonyl (C=O) groups excluding carboxylic acids is 2. The Labute approximate surface area is 187 Å². The van der Waals surface area contributed by atoms with Crippen molar-refractivity contribution in [1.82, 2.24) is 4.90 Å². The van der Waals surface area contributed by atoms with Gasteiger partial charge in [-0.1, -0.05) is 43.8 Å². The van der Waals surface area contributed by atoms with Crippen LogP contribution in [0.1, 0.15) is 34.8 Å². The number of anilines is 1. The highest BCUT2D eigenvalue weighted by Crippen LogP contribution is 2.41. The molecule has 0 unspecified atom stereocenters. The molecule has 1 N–H and O–H groups in total. The van der Waals surface area contributed by atoms with E-state index in [0.717, 1.165) is 17.6 Å². The lowest BCUT2D eigenvalue weighted by Gasteiger charge is -2.25. The van der Waals surface area contributed by atoms with Crippen molar-refractivity contribution < 1.29 is 24.2 Å². The van der Waals surface area contributed by atoms with Gasteiger partial charge in [0, 0.05) is 12.3 Å². The predicted octanol–water partition coefficient (Wildman–Crippen LogP) is 4.36. The molecule has 0 bridgehead atoms. The first kappa shape index (κ1) is 21.5. The summed E-state index contributed by atoms with van der Waals surface area (Å²) in [6, 6.07) is 10.9. The Bertz CT molecular complexity index is 1090. The number of amides is 2. The lowest BCUT2D eigenvalue weighted by Crippen LogP contribution is -2.41. The highest BCUT2D eigenvalue weighted by atomic mass is 16.6. The zero-order valence-corrected chi connectivity index (χ0v) is 18.2. The largest absolute Gasteiger partial charge is 0.504 e. The summed E-state index contributed by atoms with van der Waals surface area (Å²) in [5.41, 5.74) is 3.87. The third-order valence-corrected chi connectivity index (χ3v) is 5.87. The third kappa shape index (κ3) is 3.82. The first-order chi connectivity index (χ1) is 15.5. The summed E-state index contributed by atoms with van der Waals surface area (Å²) in [4.78, 5) is 29.4. The summed E-state index contributed by atoms with van der Waals surface area (Å²) in [5, 5.41) is 10.3. The topological polar surface area (TPSA) is 79.3 Å². The molecule has 0 spiro atoms. The van der Waals surface area contributed by atoms with Crippen molar-refractivity contribution in [2.24, 2.45) is 0 Å². The molecule has 0 fully saturated rings. The van der Waals surface area contributed by atoms with E-state index in [0.29, 0.717) is 12.1 Å². The second kappa shape index (κ2) is 8.78. The van der Waals surface area contributed by atoms with Gasteiger partial charge in [-0.15, -0.1) is 0 Å². The molecule has 32 heavy (non-hydrogen) atoms. The lowest BCUT2D eigenvalue weighted by atomic mass is 10.0. The zero-order chi connectivity index (χ0) is 22.8. The number of hydrogen-bond acceptors (Lipinski definition) is 5. The Hall–Kier alpha value is -3.74. The molecule has 4 rings (SSSR count). The molecule has 0 aromatic heterocycles. The molecule has 2 aromatic carbocycles. The van der Waals surface area contributed by atoms with Gasteiger partial charge in [-0.2, -0.15) is 0 Å². The normalized spacial score (nSPS) is 17.2. The van der Waals surface area contributed by atoms with E-state index >= 15 is 0 Å². The Balaban J connectivity index is 1.75. The smallest absolute Gasteiger partial charge is 0.414 e. The van der Waals surface area contributed by atoms with Gasteiger partial charge in [-0.25, -0.2) is 4.79 Å². The van der Waals surface area contributed by atoms with Crippen molar-refractivity contribution in [2.45, 2.75) is 25.8 Å². The van der Waals surface area contributed by atoms with E-state index in [4.69, 9.17) is 9.47 Å². The zero-order valence-electron chi connectivity index (χ0n) is 18.2. The van der Waals surface area contributed by atoms with Crippen LogP contribution in [0.4, 0.5) is 10.5 Å². The number of aromatic hydroxyl groups is 1. The minimum atomic E-state index is -0.605. The molecule has 166 valence electrons. The van der Waals surface area contributed by atoms with Crippen molar-refractivity contribution >= 4 is 23.3 Å². The second-order valence-electron chi connectivity index (χ2n) is 7.79. The van der Waals surface area contributed by atoms with E-state index < -0.39 is 6.09 Å². The lowest BCUT2D eigenvalue weighted by molar-refractivity contribution is 0.0794. The standard InChI is InChI=1S/C25H26N2O5/c1-4-10-32-25(30)27-15-19-11-18(17-8-6-16(5-2)7-9-17)14-26(19)24(29)20-12-23(31-3)22(28)13-21(20)27/h4,6-9,12-14,19,28H,1,5,10-11,15H2,2-3H3/t19-/m0/s1. The summed E-state index contributed by atoms with van der Waals surface area (Å²) < 4.78 is 10.5. The number of fused-ring (bicyclic) bond motifs is 2. The van der Waals surface area contributed by atoms with Crippen LogP contribution in [0.2, 0.25) is 0 Å². The minimum Gasteiger partial charge on any atom is -0.504 e. The van der Waals surface area contributed by atoms with Gasteiger partial charge < -0.3 is 19.5 Å². The van der Waals surface area contributed by atoms with Gasteiger partial charge in [0.15, 0.2) is 11.5 Å². The number of nitrogens with zero attached hydrogens (tertiary/aromatic N) is 2. The monoisotopic (exact) mass is 434 g/mol. The molecule has 2 heterocycles. The Kier molecular flexibility index (Phi) is 5.90. The molecule has 7 nitrogen and oxygen atoms in total. The van der Waals surface area contributed by atoms with Gasteiger partial charge in [0.25, 0.3) is 5.91 Å². The van der Waals surface area contributed by atoms with Gasteiger partial charge >= 0.3 is 6.09 Å². The molecule has 0 aliphatic carbocycles. The van der Waals surface area contributed by atoms with E-state index in [1.165, 1.54) is 35.8 Å². The number of phenols is 1. The third-order valence-electron chi connectivity index (χ3n) is 5.87. The van der Waals surface area contributed by atoms with Crippen molar-refractivity contribution in [3.8, 4) is 11.5 Å². The van der Waals surface area contributed by atoms with Crippen LogP contribution in [0.25, 0.3) is 5.57 Å².